The molecule has 1 aromatic rings. The van der Waals surface area contributed by atoms with Crippen LogP contribution in [0.15, 0.2) is 24.3 Å². The van der Waals surface area contributed by atoms with Gasteiger partial charge in [0, 0.05) is 6.42 Å². The van der Waals surface area contributed by atoms with E-state index in [1.54, 1.807) is 0 Å². The van der Waals surface area contributed by atoms with E-state index in [0.717, 1.165) is 12.0 Å². The molecule has 0 bridgehead atoms. The summed E-state index contributed by atoms with van der Waals surface area (Å²) >= 11 is 0. The monoisotopic (exact) mass is 233 g/mol. The number of aryl methyl sites for hydroxylation is 1. The third-order valence-corrected chi connectivity index (χ3v) is 3.09. The number of rotatable bonds is 4. The van der Waals surface area contributed by atoms with E-state index in [1.807, 2.05) is 32.9 Å². The molecular weight excluding hydrogens is 210 g/mol. The van der Waals surface area contributed by atoms with Crippen molar-refractivity contribution in [3.8, 4) is 0 Å². The molecule has 0 heterocycles. The first kappa shape index (κ1) is 13.9. The fraction of sp³-hybridized carbons (Fsp3) is 0.533. The average Bonchev–Trinajstić information content (AvgIpc) is 2.27. The molecule has 0 aliphatic carbocycles. The van der Waals surface area contributed by atoms with Crippen molar-refractivity contribution in [1.82, 2.24) is 0 Å². The van der Waals surface area contributed by atoms with Gasteiger partial charge in [0.15, 0.2) is 5.78 Å². The Balaban J connectivity index is 2.68. The van der Waals surface area contributed by atoms with Gasteiger partial charge in [0.05, 0.1) is 6.04 Å². The van der Waals surface area contributed by atoms with Crippen molar-refractivity contribution in [3.05, 3.63) is 35.4 Å². The second-order valence-electron chi connectivity index (χ2n) is 5.66. The zero-order valence-electron chi connectivity index (χ0n) is 11.3. The van der Waals surface area contributed by atoms with Gasteiger partial charge in [0.25, 0.3) is 0 Å². The number of hydrogen-bond donors (Lipinski definition) is 1. The summed E-state index contributed by atoms with van der Waals surface area (Å²) in [5.41, 5.74) is 8.12. The van der Waals surface area contributed by atoms with Crippen LogP contribution in [0.4, 0.5) is 0 Å². The zero-order chi connectivity index (χ0) is 13.1. The van der Waals surface area contributed by atoms with Gasteiger partial charge in [0.2, 0.25) is 0 Å². The van der Waals surface area contributed by atoms with Crippen LogP contribution < -0.4 is 5.73 Å². The largest absolute Gasteiger partial charge is 0.321 e. The van der Waals surface area contributed by atoms with Crippen LogP contribution in [-0.2, 0) is 17.6 Å². The Morgan fingerprint density at radius 1 is 1.18 bits per heavy atom. The molecule has 0 amide bonds. The van der Waals surface area contributed by atoms with Crippen molar-refractivity contribution in [3.63, 3.8) is 0 Å². The predicted molar refractivity (Wildman–Crippen MR) is 72.0 cm³/mol. The van der Waals surface area contributed by atoms with Gasteiger partial charge in [-0.2, -0.15) is 0 Å². The van der Waals surface area contributed by atoms with Gasteiger partial charge in [-0.05, 0) is 23.0 Å². The van der Waals surface area contributed by atoms with Crippen LogP contribution in [0, 0.1) is 5.41 Å². The van der Waals surface area contributed by atoms with E-state index < -0.39 is 6.04 Å². The first-order chi connectivity index (χ1) is 7.84. The molecule has 1 aromatic carbocycles. The molecule has 0 saturated carbocycles. The maximum absolute atomic E-state index is 12.0. The molecule has 17 heavy (non-hydrogen) atoms. The standard InChI is InChI=1S/C15H23NO/c1-5-11-6-8-12(9-7-11)10-13(17)14(16)15(2,3)4/h6-9,14H,5,10,16H2,1-4H3. The summed E-state index contributed by atoms with van der Waals surface area (Å²) in [7, 11) is 0. The molecule has 2 heteroatoms. The minimum atomic E-state index is -0.395. The van der Waals surface area contributed by atoms with Gasteiger partial charge in [-0.15, -0.1) is 0 Å². The van der Waals surface area contributed by atoms with Crippen LogP contribution in [0.5, 0.6) is 0 Å². The van der Waals surface area contributed by atoms with Crippen LogP contribution in [0.1, 0.15) is 38.8 Å². The molecule has 1 unspecified atom stereocenters. The van der Waals surface area contributed by atoms with Gasteiger partial charge in [-0.3, -0.25) is 4.79 Å². The van der Waals surface area contributed by atoms with Crippen molar-refractivity contribution >= 4 is 5.78 Å². The lowest BCUT2D eigenvalue weighted by Crippen LogP contribution is -2.43. The number of nitrogens with two attached hydrogens (primary N) is 1. The highest BCUT2D eigenvalue weighted by atomic mass is 16.1. The average molecular weight is 233 g/mol. The Kier molecular flexibility index (Phi) is 4.47. The first-order valence-electron chi connectivity index (χ1n) is 6.20. The number of benzene rings is 1. The lowest BCUT2D eigenvalue weighted by Gasteiger charge is -2.25. The van der Waals surface area contributed by atoms with E-state index in [0.29, 0.717) is 6.42 Å². The molecule has 2 nitrogen and oxygen atoms in total. The van der Waals surface area contributed by atoms with E-state index in [2.05, 4.69) is 19.1 Å². The quantitative estimate of drug-likeness (QED) is 0.869. The van der Waals surface area contributed by atoms with Crippen LogP contribution in [0.2, 0.25) is 0 Å². The SMILES string of the molecule is CCc1ccc(CC(=O)C(N)C(C)(C)C)cc1. The van der Waals surface area contributed by atoms with Crippen LogP contribution in [0.25, 0.3) is 0 Å². The van der Waals surface area contributed by atoms with Crippen molar-refractivity contribution in [2.75, 3.05) is 0 Å². The Morgan fingerprint density at radius 2 is 1.65 bits per heavy atom. The fourth-order valence-electron chi connectivity index (χ4n) is 1.69. The van der Waals surface area contributed by atoms with Crippen molar-refractivity contribution in [2.45, 2.75) is 46.6 Å². The van der Waals surface area contributed by atoms with Crippen molar-refractivity contribution in [1.29, 1.82) is 0 Å². The molecule has 0 fully saturated rings. The lowest BCUT2D eigenvalue weighted by molar-refractivity contribution is -0.121. The molecule has 1 atom stereocenters. The maximum atomic E-state index is 12.0. The molecule has 1 rings (SSSR count). The molecule has 0 aliphatic rings. The number of carbonyl (C=O) groups is 1. The summed E-state index contributed by atoms with van der Waals surface area (Å²) in [6.07, 6.45) is 1.46. The van der Waals surface area contributed by atoms with Crippen molar-refractivity contribution < 1.29 is 4.79 Å². The van der Waals surface area contributed by atoms with Crippen LogP contribution in [0.3, 0.4) is 0 Å². The number of Topliss-reactive ketones (excluding diaryl/α,β-unsaturated/α-hetero) is 1. The summed E-state index contributed by atoms with van der Waals surface area (Å²) in [6, 6.07) is 7.79. The Hall–Kier alpha value is -1.15. The highest BCUT2D eigenvalue weighted by Crippen LogP contribution is 2.19. The molecule has 0 aliphatic heterocycles. The zero-order valence-corrected chi connectivity index (χ0v) is 11.3. The smallest absolute Gasteiger partial charge is 0.154 e. The summed E-state index contributed by atoms with van der Waals surface area (Å²) in [5.74, 6) is 0.113. The minimum absolute atomic E-state index is 0.113. The van der Waals surface area contributed by atoms with Crippen molar-refractivity contribution in [2.24, 2.45) is 11.1 Å². The summed E-state index contributed by atoms with van der Waals surface area (Å²) in [5, 5.41) is 0. The van der Waals surface area contributed by atoms with E-state index in [4.69, 9.17) is 5.73 Å². The van der Waals surface area contributed by atoms with Gasteiger partial charge >= 0.3 is 0 Å². The topological polar surface area (TPSA) is 43.1 Å². The second kappa shape index (κ2) is 5.46. The van der Waals surface area contributed by atoms with E-state index in [1.165, 1.54) is 5.56 Å². The molecule has 0 aromatic heterocycles. The molecule has 2 N–H and O–H groups in total. The normalized spacial score (nSPS) is 13.5. The number of ketones is 1. The summed E-state index contributed by atoms with van der Waals surface area (Å²) in [6.45, 7) is 8.11. The summed E-state index contributed by atoms with van der Waals surface area (Å²) in [4.78, 5) is 12.0. The van der Waals surface area contributed by atoms with Gasteiger partial charge in [0.1, 0.15) is 0 Å². The number of hydrogen-bond acceptors (Lipinski definition) is 2. The lowest BCUT2D eigenvalue weighted by atomic mass is 9.83. The van der Waals surface area contributed by atoms with Crippen LogP contribution >= 0.6 is 0 Å². The first-order valence-corrected chi connectivity index (χ1v) is 6.20. The predicted octanol–water partition coefficient (Wildman–Crippen LogP) is 2.73. The second-order valence-corrected chi connectivity index (χ2v) is 5.66. The molecule has 0 spiro atoms. The third kappa shape index (κ3) is 3.97. The molecular formula is C15H23NO. The molecule has 0 saturated heterocycles. The number of carbonyl (C=O) groups excluding carboxylic acids is 1. The van der Waals surface area contributed by atoms with E-state index in [-0.39, 0.29) is 11.2 Å². The molecule has 94 valence electrons. The van der Waals surface area contributed by atoms with E-state index >= 15 is 0 Å². The minimum Gasteiger partial charge on any atom is -0.321 e. The maximum Gasteiger partial charge on any atom is 0.154 e. The highest BCUT2D eigenvalue weighted by molar-refractivity contribution is 5.86. The highest BCUT2D eigenvalue weighted by Gasteiger charge is 2.26. The van der Waals surface area contributed by atoms with Gasteiger partial charge < -0.3 is 5.73 Å². The Morgan fingerprint density at radius 3 is 2.06 bits per heavy atom. The fourth-order valence-corrected chi connectivity index (χ4v) is 1.69. The van der Waals surface area contributed by atoms with E-state index in [9.17, 15) is 4.79 Å². The van der Waals surface area contributed by atoms with Crippen LogP contribution in [-0.4, -0.2) is 11.8 Å². The van der Waals surface area contributed by atoms with Gasteiger partial charge in [-0.25, -0.2) is 0 Å². The third-order valence-electron chi connectivity index (χ3n) is 3.09. The summed E-state index contributed by atoms with van der Waals surface area (Å²) < 4.78 is 0. The molecule has 0 radical (unpaired) electrons. The Bertz CT molecular complexity index is 373. The Labute approximate surface area is 104 Å². The van der Waals surface area contributed by atoms with Gasteiger partial charge in [-0.1, -0.05) is 52.0 Å².